The third-order valence-electron chi connectivity index (χ3n) is 3.87. The minimum atomic E-state index is -0.648. The van der Waals surface area contributed by atoms with Crippen molar-refractivity contribution in [2.75, 3.05) is 31.2 Å². The van der Waals surface area contributed by atoms with Crippen LogP contribution in [0.2, 0.25) is 0 Å². The Morgan fingerprint density at radius 3 is 2.95 bits per heavy atom. The molecule has 0 aliphatic carbocycles. The van der Waals surface area contributed by atoms with Gasteiger partial charge in [0.25, 0.3) is 11.6 Å². The summed E-state index contributed by atoms with van der Waals surface area (Å²) in [6, 6.07) is 4.28. The smallest absolute Gasteiger partial charge is 0.270 e. The van der Waals surface area contributed by atoms with E-state index in [9.17, 15) is 14.9 Å². The zero-order valence-electron chi connectivity index (χ0n) is 12.7. The summed E-state index contributed by atoms with van der Waals surface area (Å²) in [6.45, 7) is 4.90. The van der Waals surface area contributed by atoms with Crippen LogP contribution in [0.15, 0.2) is 18.2 Å². The van der Waals surface area contributed by atoms with Gasteiger partial charge in [-0.05, 0) is 31.7 Å². The highest BCUT2D eigenvalue weighted by atomic mass is 16.6. The first-order valence-corrected chi connectivity index (χ1v) is 7.43. The molecule has 1 fully saturated rings. The number of nitro groups is 1. The molecule has 2 rings (SSSR count). The number of amides is 1. The number of primary amides is 1. The molecule has 1 atom stereocenters. The molecular weight excluding hydrogens is 286 g/mol. The number of carbonyl (C=O) groups excluding carboxylic acids is 1. The highest BCUT2D eigenvalue weighted by molar-refractivity contribution is 5.99. The highest BCUT2D eigenvalue weighted by Gasteiger charge is 2.24. The number of rotatable bonds is 6. The maximum atomic E-state index is 11.6. The molecule has 1 unspecified atom stereocenters. The molecule has 1 aromatic rings. The number of anilines is 1. The van der Waals surface area contributed by atoms with Gasteiger partial charge in [0.2, 0.25) is 0 Å². The molecule has 7 heteroatoms. The number of non-ortho nitro benzene ring substituents is 1. The van der Waals surface area contributed by atoms with Crippen molar-refractivity contribution < 1.29 is 14.5 Å². The van der Waals surface area contributed by atoms with E-state index in [4.69, 9.17) is 10.5 Å². The summed E-state index contributed by atoms with van der Waals surface area (Å²) in [5, 5.41) is 10.9. The van der Waals surface area contributed by atoms with Crippen molar-refractivity contribution in [3.8, 4) is 0 Å². The highest BCUT2D eigenvalue weighted by Crippen LogP contribution is 2.29. The Hall–Kier alpha value is -2.15. The largest absolute Gasteiger partial charge is 0.381 e. The van der Waals surface area contributed by atoms with E-state index < -0.39 is 10.8 Å². The van der Waals surface area contributed by atoms with Crippen LogP contribution < -0.4 is 10.6 Å². The van der Waals surface area contributed by atoms with Crippen molar-refractivity contribution in [1.29, 1.82) is 0 Å². The second-order valence-corrected chi connectivity index (χ2v) is 5.44. The average Bonchev–Trinajstić information content (AvgIpc) is 2.52. The Balaban J connectivity index is 2.23. The number of ether oxygens (including phenoxy) is 1. The van der Waals surface area contributed by atoms with E-state index >= 15 is 0 Å². The van der Waals surface area contributed by atoms with Crippen molar-refractivity contribution in [2.24, 2.45) is 11.7 Å². The van der Waals surface area contributed by atoms with E-state index in [1.807, 2.05) is 6.92 Å². The maximum Gasteiger partial charge on any atom is 0.270 e. The van der Waals surface area contributed by atoms with Gasteiger partial charge in [-0.15, -0.1) is 0 Å². The quantitative estimate of drug-likeness (QED) is 0.639. The molecule has 120 valence electrons. The van der Waals surface area contributed by atoms with Gasteiger partial charge in [-0.3, -0.25) is 14.9 Å². The first-order valence-electron chi connectivity index (χ1n) is 7.43. The molecule has 1 heterocycles. The molecule has 1 aromatic carbocycles. The topological polar surface area (TPSA) is 98.7 Å². The minimum absolute atomic E-state index is 0.125. The molecule has 1 amide bonds. The van der Waals surface area contributed by atoms with E-state index in [1.54, 1.807) is 6.07 Å². The van der Waals surface area contributed by atoms with E-state index in [0.29, 0.717) is 24.8 Å². The van der Waals surface area contributed by atoms with Crippen LogP contribution in [0, 0.1) is 16.0 Å². The third kappa shape index (κ3) is 3.73. The van der Waals surface area contributed by atoms with Crippen LogP contribution in [0.3, 0.4) is 0 Å². The summed E-state index contributed by atoms with van der Waals surface area (Å²) in [4.78, 5) is 24.0. The van der Waals surface area contributed by atoms with E-state index in [0.717, 1.165) is 25.9 Å². The fraction of sp³-hybridized carbons (Fsp3) is 0.533. The van der Waals surface area contributed by atoms with Crippen molar-refractivity contribution in [3.63, 3.8) is 0 Å². The van der Waals surface area contributed by atoms with Crippen molar-refractivity contribution >= 4 is 17.3 Å². The van der Waals surface area contributed by atoms with Crippen LogP contribution in [0.4, 0.5) is 11.4 Å². The van der Waals surface area contributed by atoms with Crippen LogP contribution in [-0.4, -0.2) is 37.1 Å². The molecule has 0 saturated carbocycles. The Kier molecular flexibility index (Phi) is 5.32. The number of piperidine rings is 1. The monoisotopic (exact) mass is 307 g/mol. The van der Waals surface area contributed by atoms with Gasteiger partial charge in [-0.2, -0.15) is 0 Å². The molecule has 0 radical (unpaired) electrons. The van der Waals surface area contributed by atoms with Gasteiger partial charge in [-0.25, -0.2) is 0 Å². The SMILES string of the molecule is CCOCC1CCCN(c2ccc([N+](=O)[O-])cc2C(N)=O)C1. The summed E-state index contributed by atoms with van der Waals surface area (Å²) in [7, 11) is 0. The van der Waals surface area contributed by atoms with E-state index in [2.05, 4.69) is 4.90 Å². The summed E-state index contributed by atoms with van der Waals surface area (Å²) >= 11 is 0. The lowest BCUT2D eigenvalue weighted by atomic mass is 9.97. The minimum Gasteiger partial charge on any atom is -0.381 e. The van der Waals surface area contributed by atoms with Crippen molar-refractivity contribution in [2.45, 2.75) is 19.8 Å². The lowest BCUT2D eigenvalue weighted by molar-refractivity contribution is -0.384. The Morgan fingerprint density at radius 2 is 2.32 bits per heavy atom. The van der Waals surface area contributed by atoms with Crippen LogP contribution in [0.5, 0.6) is 0 Å². The van der Waals surface area contributed by atoms with Gasteiger partial charge < -0.3 is 15.4 Å². The number of hydrogen-bond acceptors (Lipinski definition) is 5. The molecule has 1 aliphatic rings. The fourth-order valence-electron chi connectivity index (χ4n) is 2.82. The number of nitro benzene ring substituents is 1. The number of carbonyl (C=O) groups is 1. The van der Waals surface area contributed by atoms with Crippen LogP contribution in [0.1, 0.15) is 30.1 Å². The molecule has 22 heavy (non-hydrogen) atoms. The van der Waals surface area contributed by atoms with Crippen LogP contribution in [0.25, 0.3) is 0 Å². The Morgan fingerprint density at radius 1 is 1.55 bits per heavy atom. The number of nitrogens with zero attached hydrogens (tertiary/aromatic N) is 2. The predicted molar refractivity (Wildman–Crippen MR) is 83.0 cm³/mol. The normalized spacial score (nSPS) is 18.2. The lowest BCUT2D eigenvalue weighted by Crippen LogP contribution is -2.38. The van der Waals surface area contributed by atoms with Gasteiger partial charge in [0.15, 0.2) is 0 Å². The molecule has 1 aliphatic heterocycles. The summed E-state index contributed by atoms with van der Waals surface area (Å²) < 4.78 is 5.48. The second kappa shape index (κ2) is 7.22. The first kappa shape index (κ1) is 16.2. The Labute approximate surface area is 129 Å². The maximum absolute atomic E-state index is 11.6. The Bertz CT molecular complexity index is 562. The zero-order chi connectivity index (χ0) is 16.1. The van der Waals surface area contributed by atoms with Gasteiger partial charge in [-0.1, -0.05) is 0 Å². The molecule has 2 N–H and O–H groups in total. The molecule has 0 spiro atoms. The van der Waals surface area contributed by atoms with Crippen molar-refractivity contribution in [3.05, 3.63) is 33.9 Å². The fourth-order valence-corrected chi connectivity index (χ4v) is 2.82. The van der Waals surface area contributed by atoms with Gasteiger partial charge >= 0.3 is 0 Å². The number of benzene rings is 1. The average molecular weight is 307 g/mol. The molecule has 1 saturated heterocycles. The van der Waals surface area contributed by atoms with Crippen LogP contribution >= 0.6 is 0 Å². The lowest BCUT2D eigenvalue weighted by Gasteiger charge is -2.35. The first-order chi connectivity index (χ1) is 10.5. The summed E-state index contributed by atoms with van der Waals surface area (Å²) in [6.07, 6.45) is 2.07. The summed E-state index contributed by atoms with van der Waals surface area (Å²) in [5.74, 6) is -0.254. The van der Waals surface area contributed by atoms with Crippen molar-refractivity contribution in [1.82, 2.24) is 0 Å². The molecule has 0 bridgehead atoms. The van der Waals surface area contributed by atoms with Gasteiger partial charge in [0.05, 0.1) is 22.8 Å². The van der Waals surface area contributed by atoms with Gasteiger partial charge in [0, 0.05) is 31.8 Å². The second-order valence-electron chi connectivity index (χ2n) is 5.44. The van der Waals surface area contributed by atoms with Crippen LogP contribution in [-0.2, 0) is 4.74 Å². The standard InChI is InChI=1S/C15H21N3O4/c1-2-22-10-11-4-3-7-17(9-11)14-6-5-12(18(20)21)8-13(14)15(16)19/h5-6,8,11H,2-4,7,9-10H2,1H3,(H2,16,19). The zero-order valence-corrected chi connectivity index (χ0v) is 12.7. The third-order valence-corrected chi connectivity index (χ3v) is 3.87. The molecule has 0 aromatic heterocycles. The molecule has 7 nitrogen and oxygen atoms in total. The van der Waals surface area contributed by atoms with Gasteiger partial charge in [0.1, 0.15) is 0 Å². The van der Waals surface area contributed by atoms with E-state index in [1.165, 1.54) is 12.1 Å². The number of hydrogen-bond donors (Lipinski definition) is 1. The predicted octanol–water partition coefficient (Wildman–Crippen LogP) is 1.95. The molecular formula is C15H21N3O4. The summed E-state index contributed by atoms with van der Waals surface area (Å²) in [5.41, 5.74) is 6.13. The van der Waals surface area contributed by atoms with E-state index in [-0.39, 0.29) is 11.3 Å². The number of nitrogens with two attached hydrogens (primary N) is 1.